The number of carbonyl (C=O) groups excluding carboxylic acids is 2. The van der Waals surface area contributed by atoms with Crippen LogP contribution in [0.4, 0.5) is 4.39 Å². The molecule has 23 heavy (non-hydrogen) atoms. The third-order valence-corrected chi connectivity index (χ3v) is 4.49. The second kappa shape index (κ2) is 8.40. The van der Waals surface area contributed by atoms with Crippen molar-refractivity contribution in [3.05, 3.63) is 34.1 Å². The molecular formula is C16H21BrFN3O2. The molecule has 0 aromatic heterocycles. The van der Waals surface area contributed by atoms with Crippen LogP contribution >= 0.6 is 15.9 Å². The molecule has 3 N–H and O–H groups in total. The van der Waals surface area contributed by atoms with E-state index in [0.717, 1.165) is 25.5 Å². The summed E-state index contributed by atoms with van der Waals surface area (Å²) in [6.07, 6.45) is 2.03. The van der Waals surface area contributed by atoms with Gasteiger partial charge in [-0.05, 0) is 60.4 Å². The van der Waals surface area contributed by atoms with Gasteiger partial charge in [0.25, 0.3) is 5.91 Å². The first-order valence-corrected chi connectivity index (χ1v) is 8.51. The lowest BCUT2D eigenvalue weighted by atomic mass is 10.0. The maximum absolute atomic E-state index is 13.2. The van der Waals surface area contributed by atoms with Gasteiger partial charge in [0.2, 0.25) is 5.91 Å². The van der Waals surface area contributed by atoms with Gasteiger partial charge in [0.05, 0.1) is 5.56 Å². The molecule has 1 heterocycles. The van der Waals surface area contributed by atoms with E-state index in [0.29, 0.717) is 10.5 Å². The van der Waals surface area contributed by atoms with Gasteiger partial charge in [-0.1, -0.05) is 0 Å². The van der Waals surface area contributed by atoms with Crippen molar-refractivity contribution in [2.24, 2.45) is 0 Å². The van der Waals surface area contributed by atoms with E-state index in [1.807, 2.05) is 0 Å². The van der Waals surface area contributed by atoms with Gasteiger partial charge in [0.15, 0.2) is 0 Å². The fraction of sp³-hybridized carbons (Fsp3) is 0.500. The first-order valence-electron chi connectivity index (χ1n) is 7.71. The van der Waals surface area contributed by atoms with Crippen LogP contribution in [0.25, 0.3) is 0 Å². The van der Waals surface area contributed by atoms with E-state index in [9.17, 15) is 14.0 Å². The summed E-state index contributed by atoms with van der Waals surface area (Å²) in [5.41, 5.74) is 0.220. The lowest BCUT2D eigenvalue weighted by Crippen LogP contribution is -2.47. The molecule has 2 rings (SSSR count). The minimum absolute atomic E-state index is 0.0808. The number of piperidine rings is 1. The van der Waals surface area contributed by atoms with Gasteiger partial charge in [-0.15, -0.1) is 0 Å². The molecule has 0 spiro atoms. The standard InChI is InChI=1S/C16H21BrFN3O2/c1-10-8-12(4-6-19-10)21-15(22)5-7-20-16(23)13-9-11(18)2-3-14(13)17/h2-3,9-10,12,19H,4-8H2,1H3,(H,20,23)(H,21,22). The predicted octanol–water partition coefficient (Wildman–Crippen LogP) is 1.96. The van der Waals surface area contributed by atoms with Crippen molar-refractivity contribution in [2.75, 3.05) is 13.1 Å². The summed E-state index contributed by atoms with van der Waals surface area (Å²) in [6.45, 7) is 3.21. The van der Waals surface area contributed by atoms with Crippen LogP contribution in [-0.4, -0.2) is 37.0 Å². The minimum atomic E-state index is -0.476. The highest BCUT2D eigenvalue weighted by Gasteiger charge is 2.19. The Morgan fingerprint density at radius 1 is 1.43 bits per heavy atom. The van der Waals surface area contributed by atoms with E-state index in [1.165, 1.54) is 12.1 Å². The van der Waals surface area contributed by atoms with Gasteiger partial charge in [0.1, 0.15) is 5.82 Å². The maximum atomic E-state index is 13.2. The molecule has 0 saturated carbocycles. The maximum Gasteiger partial charge on any atom is 0.252 e. The predicted molar refractivity (Wildman–Crippen MR) is 89.7 cm³/mol. The van der Waals surface area contributed by atoms with Gasteiger partial charge >= 0.3 is 0 Å². The molecule has 7 heteroatoms. The average Bonchev–Trinajstić information content (AvgIpc) is 2.49. The number of benzene rings is 1. The number of hydrogen-bond donors (Lipinski definition) is 3. The van der Waals surface area contributed by atoms with Gasteiger partial charge in [0, 0.05) is 29.5 Å². The molecule has 2 atom stereocenters. The quantitative estimate of drug-likeness (QED) is 0.725. The highest BCUT2D eigenvalue weighted by Crippen LogP contribution is 2.17. The van der Waals surface area contributed by atoms with Crippen molar-refractivity contribution >= 4 is 27.7 Å². The Morgan fingerprint density at radius 3 is 2.96 bits per heavy atom. The van der Waals surface area contributed by atoms with Crippen LogP contribution in [-0.2, 0) is 4.79 Å². The molecule has 1 fully saturated rings. The topological polar surface area (TPSA) is 70.2 Å². The number of amides is 2. The molecule has 2 unspecified atom stereocenters. The van der Waals surface area contributed by atoms with Crippen LogP contribution in [0, 0.1) is 5.82 Å². The Labute approximate surface area is 143 Å². The van der Waals surface area contributed by atoms with E-state index in [1.54, 1.807) is 0 Å². The molecule has 0 aliphatic carbocycles. The van der Waals surface area contributed by atoms with Crippen LogP contribution in [0.15, 0.2) is 22.7 Å². The normalized spacial score (nSPS) is 20.8. The lowest BCUT2D eigenvalue weighted by molar-refractivity contribution is -0.121. The number of carbonyl (C=O) groups is 2. The number of hydrogen-bond acceptors (Lipinski definition) is 3. The first-order chi connectivity index (χ1) is 11.0. The van der Waals surface area contributed by atoms with Crippen molar-refractivity contribution in [1.82, 2.24) is 16.0 Å². The summed E-state index contributed by atoms with van der Waals surface area (Å²) in [5.74, 6) is -0.960. The highest BCUT2D eigenvalue weighted by molar-refractivity contribution is 9.10. The molecule has 1 aromatic carbocycles. The van der Waals surface area contributed by atoms with Crippen LogP contribution in [0.2, 0.25) is 0 Å². The summed E-state index contributed by atoms with van der Waals surface area (Å²) < 4.78 is 13.7. The number of rotatable bonds is 5. The first kappa shape index (κ1) is 17.9. The number of nitrogens with one attached hydrogen (secondary N) is 3. The highest BCUT2D eigenvalue weighted by atomic mass is 79.9. The van der Waals surface area contributed by atoms with E-state index in [-0.39, 0.29) is 30.5 Å². The molecule has 1 aliphatic rings. The monoisotopic (exact) mass is 385 g/mol. The second-order valence-corrected chi connectivity index (χ2v) is 6.63. The lowest BCUT2D eigenvalue weighted by Gasteiger charge is -2.28. The summed E-state index contributed by atoms with van der Waals surface area (Å²) in [4.78, 5) is 23.9. The van der Waals surface area contributed by atoms with E-state index >= 15 is 0 Å². The minimum Gasteiger partial charge on any atom is -0.353 e. The molecule has 1 aromatic rings. The third-order valence-electron chi connectivity index (χ3n) is 3.80. The smallest absolute Gasteiger partial charge is 0.252 e. The summed E-state index contributed by atoms with van der Waals surface area (Å²) in [5, 5.41) is 8.95. The fourth-order valence-electron chi connectivity index (χ4n) is 2.62. The Morgan fingerprint density at radius 2 is 2.22 bits per heavy atom. The zero-order valence-electron chi connectivity index (χ0n) is 13.0. The molecule has 0 bridgehead atoms. The summed E-state index contributed by atoms with van der Waals surface area (Å²) in [6, 6.07) is 4.50. The van der Waals surface area contributed by atoms with Crippen LogP contribution in [0.5, 0.6) is 0 Å². The van der Waals surface area contributed by atoms with Crippen LogP contribution < -0.4 is 16.0 Å². The van der Waals surface area contributed by atoms with Gasteiger partial charge in [-0.3, -0.25) is 9.59 Å². The van der Waals surface area contributed by atoms with Crippen LogP contribution in [0.3, 0.4) is 0 Å². The van der Waals surface area contributed by atoms with Crippen LogP contribution in [0.1, 0.15) is 36.5 Å². The van der Waals surface area contributed by atoms with Crippen molar-refractivity contribution in [1.29, 1.82) is 0 Å². The Kier molecular flexibility index (Phi) is 6.53. The van der Waals surface area contributed by atoms with Crippen molar-refractivity contribution in [2.45, 2.75) is 38.3 Å². The van der Waals surface area contributed by atoms with E-state index in [4.69, 9.17) is 0 Å². The number of halogens is 2. The molecule has 5 nitrogen and oxygen atoms in total. The van der Waals surface area contributed by atoms with Crippen molar-refractivity contribution in [3.8, 4) is 0 Å². The second-order valence-electron chi connectivity index (χ2n) is 5.77. The third kappa shape index (κ3) is 5.58. The van der Waals surface area contributed by atoms with E-state index < -0.39 is 11.7 Å². The zero-order chi connectivity index (χ0) is 16.8. The average molecular weight is 386 g/mol. The Bertz CT molecular complexity index is 582. The van der Waals surface area contributed by atoms with E-state index in [2.05, 4.69) is 38.8 Å². The molecule has 0 radical (unpaired) electrons. The molecule has 2 amide bonds. The summed E-state index contributed by atoms with van der Waals surface area (Å²) in [7, 11) is 0. The summed E-state index contributed by atoms with van der Waals surface area (Å²) >= 11 is 3.21. The molecule has 1 saturated heterocycles. The van der Waals surface area contributed by atoms with Crippen molar-refractivity contribution in [3.63, 3.8) is 0 Å². The SMILES string of the molecule is CC1CC(NC(=O)CCNC(=O)c2cc(F)ccc2Br)CCN1. The molecule has 126 valence electrons. The van der Waals surface area contributed by atoms with Crippen molar-refractivity contribution < 1.29 is 14.0 Å². The zero-order valence-corrected chi connectivity index (χ0v) is 14.6. The Balaban J connectivity index is 1.74. The van der Waals surface area contributed by atoms with Gasteiger partial charge < -0.3 is 16.0 Å². The fourth-order valence-corrected chi connectivity index (χ4v) is 3.05. The largest absolute Gasteiger partial charge is 0.353 e. The molecular weight excluding hydrogens is 365 g/mol. The van der Waals surface area contributed by atoms with Gasteiger partial charge in [-0.25, -0.2) is 4.39 Å². The van der Waals surface area contributed by atoms with Gasteiger partial charge in [-0.2, -0.15) is 0 Å². The Hall–Kier alpha value is -1.47. The molecule has 1 aliphatic heterocycles.